The van der Waals surface area contributed by atoms with Gasteiger partial charge in [0.2, 0.25) is 0 Å². The van der Waals surface area contributed by atoms with Crippen LogP contribution in [0.25, 0.3) is 0 Å². The number of methoxy groups -OCH3 is 1. The molecule has 2 amide bonds. The SMILES string of the molecule is COc1c(Cl)cccc1NC(=O)N[C@H](C)c1c(C)nn(C)c1C. The Balaban J connectivity index is 2.12. The largest absolute Gasteiger partial charge is 0.493 e. The molecule has 0 bridgehead atoms. The third-order valence-corrected chi connectivity index (χ3v) is 4.06. The van der Waals surface area contributed by atoms with Crippen molar-refractivity contribution >= 4 is 23.3 Å². The summed E-state index contributed by atoms with van der Waals surface area (Å²) in [4.78, 5) is 12.3. The lowest BCUT2D eigenvalue weighted by molar-refractivity contribution is 0.249. The Morgan fingerprint density at radius 3 is 2.65 bits per heavy atom. The second-order valence-corrected chi connectivity index (χ2v) is 5.76. The molecule has 1 heterocycles. The van der Waals surface area contributed by atoms with Crippen LogP contribution in [0.2, 0.25) is 5.02 Å². The van der Waals surface area contributed by atoms with Crippen molar-refractivity contribution in [1.29, 1.82) is 0 Å². The van der Waals surface area contributed by atoms with Crippen molar-refractivity contribution in [3.8, 4) is 5.75 Å². The first kappa shape index (κ1) is 17.1. The van der Waals surface area contributed by atoms with Crippen molar-refractivity contribution in [2.45, 2.75) is 26.8 Å². The Bertz CT molecular complexity index is 727. The van der Waals surface area contributed by atoms with Gasteiger partial charge in [-0.1, -0.05) is 17.7 Å². The molecule has 2 aromatic rings. The van der Waals surface area contributed by atoms with Gasteiger partial charge < -0.3 is 15.4 Å². The number of hydrogen-bond donors (Lipinski definition) is 2. The molecule has 0 aliphatic rings. The number of benzene rings is 1. The normalized spacial score (nSPS) is 11.9. The van der Waals surface area contributed by atoms with E-state index in [1.165, 1.54) is 7.11 Å². The molecule has 124 valence electrons. The van der Waals surface area contributed by atoms with Crippen LogP contribution in [-0.2, 0) is 7.05 Å². The quantitative estimate of drug-likeness (QED) is 0.896. The van der Waals surface area contributed by atoms with Gasteiger partial charge in [-0.25, -0.2) is 4.79 Å². The smallest absolute Gasteiger partial charge is 0.319 e. The molecule has 0 saturated carbocycles. The van der Waals surface area contributed by atoms with E-state index in [-0.39, 0.29) is 12.1 Å². The van der Waals surface area contributed by atoms with E-state index < -0.39 is 0 Å². The van der Waals surface area contributed by atoms with E-state index in [9.17, 15) is 4.79 Å². The number of urea groups is 1. The molecule has 0 spiro atoms. The van der Waals surface area contributed by atoms with Gasteiger partial charge in [0.05, 0.1) is 29.6 Å². The van der Waals surface area contributed by atoms with Gasteiger partial charge in [0.15, 0.2) is 5.75 Å². The first-order valence-electron chi connectivity index (χ1n) is 7.25. The fourth-order valence-corrected chi connectivity index (χ4v) is 2.91. The van der Waals surface area contributed by atoms with Gasteiger partial charge in [-0.3, -0.25) is 4.68 Å². The molecular weight excluding hydrogens is 316 g/mol. The Hall–Kier alpha value is -2.21. The molecule has 1 aromatic heterocycles. The number of amides is 2. The maximum Gasteiger partial charge on any atom is 0.319 e. The fourth-order valence-electron chi connectivity index (χ4n) is 2.66. The first-order valence-corrected chi connectivity index (χ1v) is 7.63. The number of para-hydroxylation sites is 1. The second-order valence-electron chi connectivity index (χ2n) is 5.35. The number of aromatic nitrogens is 2. The second kappa shape index (κ2) is 6.91. The van der Waals surface area contributed by atoms with E-state index in [0.29, 0.717) is 16.5 Å². The maximum atomic E-state index is 12.3. The van der Waals surface area contributed by atoms with Crippen molar-refractivity contribution < 1.29 is 9.53 Å². The summed E-state index contributed by atoms with van der Waals surface area (Å²) in [7, 11) is 3.39. The number of rotatable bonds is 4. The van der Waals surface area contributed by atoms with Gasteiger partial charge in [-0.15, -0.1) is 0 Å². The predicted octanol–water partition coefficient (Wildman–Crippen LogP) is 3.58. The minimum absolute atomic E-state index is 0.172. The lowest BCUT2D eigenvalue weighted by atomic mass is 10.1. The number of aryl methyl sites for hydroxylation is 2. The number of nitrogens with one attached hydrogen (secondary N) is 2. The van der Waals surface area contributed by atoms with Crippen molar-refractivity contribution in [3.63, 3.8) is 0 Å². The lowest BCUT2D eigenvalue weighted by Crippen LogP contribution is -2.31. The minimum Gasteiger partial charge on any atom is -0.493 e. The summed E-state index contributed by atoms with van der Waals surface area (Å²) < 4.78 is 7.03. The number of hydrogen-bond acceptors (Lipinski definition) is 3. The molecule has 0 radical (unpaired) electrons. The van der Waals surface area contributed by atoms with Gasteiger partial charge in [0.25, 0.3) is 0 Å². The number of ether oxygens (including phenoxy) is 1. The summed E-state index contributed by atoms with van der Waals surface area (Å²) in [5.74, 6) is 0.436. The van der Waals surface area contributed by atoms with E-state index in [4.69, 9.17) is 16.3 Å². The summed E-state index contributed by atoms with van der Waals surface area (Å²) in [5, 5.41) is 10.5. The molecule has 1 aromatic carbocycles. The molecule has 0 unspecified atom stereocenters. The molecule has 0 aliphatic heterocycles. The third-order valence-electron chi connectivity index (χ3n) is 3.76. The summed E-state index contributed by atoms with van der Waals surface area (Å²) in [5.41, 5.74) is 3.46. The van der Waals surface area contributed by atoms with Crippen LogP contribution < -0.4 is 15.4 Å². The number of nitrogens with zero attached hydrogens (tertiary/aromatic N) is 2. The molecule has 2 N–H and O–H groups in total. The van der Waals surface area contributed by atoms with Crippen molar-refractivity contribution in [1.82, 2.24) is 15.1 Å². The monoisotopic (exact) mass is 336 g/mol. The predicted molar refractivity (Wildman–Crippen MR) is 91.3 cm³/mol. The maximum absolute atomic E-state index is 12.3. The Kier molecular flexibility index (Phi) is 5.15. The molecule has 23 heavy (non-hydrogen) atoms. The van der Waals surface area contributed by atoms with Crippen molar-refractivity contribution in [2.24, 2.45) is 7.05 Å². The zero-order valence-electron chi connectivity index (χ0n) is 13.9. The number of carbonyl (C=O) groups excluding carboxylic acids is 1. The number of carbonyl (C=O) groups is 1. The van der Waals surface area contributed by atoms with Crippen LogP contribution in [0.4, 0.5) is 10.5 Å². The van der Waals surface area contributed by atoms with Crippen molar-refractivity contribution in [3.05, 3.63) is 40.2 Å². The van der Waals surface area contributed by atoms with Crippen LogP contribution in [0.1, 0.15) is 29.9 Å². The van der Waals surface area contributed by atoms with Gasteiger partial charge in [-0.2, -0.15) is 5.10 Å². The topological polar surface area (TPSA) is 68.2 Å². The van der Waals surface area contributed by atoms with Crippen LogP contribution in [0.3, 0.4) is 0 Å². The summed E-state index contributed by atoms with van der Waals surface area (Å²) in [6.45, 7) is 5.83. The number of anilines is 1. The molecule has 7 heteroatoms. The molecular formula is C16H21ClN4O2. The molecule has 0 aliphatic carbocycles. The van der Waals surface area contributed by atoms with E-state index in [0.717, 1.165) is 17.0 Å². The van der Waals surface area contributed by atoms with Gasteiger partial charge >= 0.3 is 6.03 Å². The summed E-state index contributed by atoms with van der Waals surface area (Å²) >= 11 is 6.05. The average Bonchev–Trinajstić information content (AvgIpc) is 2.72. The van der Waals surface area contributed by atoms with Crippen molar-refractivity contribution in [2.75, 3.05) is 12.4 Å². The Morgan fingerprint density at radius 1 is 1.39 bits per heavy atom. The lowest BCUT2D eigenvalue weighted by Gasteiger charge is -2.17. The highest BCUT2D eigenvalue weighted by molar-refractivity contribution is 6.32. The van der Waals surface area contributed by atoms with Gasteiger partial charge in [0.1, 0.15) is 0 Å². The standard InChI is InChI=1S/C16H21ClN4O2/c1-9(14-10(2)20-21(4)11(14)3)18-16(22)19-13-8-6-7-12(17)15(13)23-5/h6-9H,1-5H3,(H2,18,19,22)/t9-/m1/s1. The third kappa shape index (κ3) is 3.59. The van der Waals surface area contributed by atoms with Crippen LogP contribution in [0.15, 0.2) is 18.2 Å². The van der Waals surface area contributed by atoms with E-state index >= 15 is 0 Å². The van der Waals surface area contributed by atoms with E-state index in [2.05, 4.69) is 15.7 Å². The summed E-state index contributed by atoms with van der Waals surface area (Å²) in [6, 6.07) is 4.68. The van der Waals surface area contributed by atoms with Crippen LogP contribution in [-0.4, -0.2) is 22.9 Å². The minimum atomic E-state index is -0.333. The van der Waals surface area contributed by atoms with Crippen LogP contribution in [0.5, 0.6) is 5.75 Å². The number of halogens is 1. The van der Waals surface area contributed by atoms with Crippen LogP contribution >= 0.6 is 11.6 Å². The zero-order chi connectivity index (χ0) is 17.1. The van der Waals surface area contributed by atoms with Crippen LogP contribution in [0, 0.1) is 13.8 Å². The highest BCUT2D eigenvalue weighted by Gasteiger charge is 2.19. The molecule has 2 rings (SSSR count). The molecule has 6 nitrogen and oxygen atoms in total. The fraction of sp³-hybridized carbons (Fsp3) is 0.375. The highest BCUT2D eigenvalue weighted by Crippen LogP contribution is 2.32. The molecule has 0 saturated heterocycles. The van der Waals surface area contributed by atoms with E-state index in [1.807, 2.05) is 27.8 Å². The Labute approximate surface area is 140 Å². The highest BCUT2D eigenvalue weighted by atomic mass is 35.5. The Morgan fingerprint density at radius 2 is 2.09 bits per heavy atom. The van der Waals surface area contributed by atoms with Gasteiger partial charge in [-0.05, 0) is 32.9 Å². The van der Waals surface area contributed by atoms with E-state index in [1.54, 1.807) is 22.9 Å². The zero-order valence-corrected chi connectivity index (χ0v) is 14.7. The molecule has 0 fully saturated rings. The van der Waals surface area contributed by atoms with Gasteiger partial charge in [0, 0.05) is 18.3 Å². The molecule has 1 atom stereocenters. The first-order chi connectivity index (χ1) is 10.8. The summed E-state index contributed by atoms with van der Waals surface area (Å²) in [6.07, 6.45) is 0. The average molecular weight is 337 g/mol.